The van der Waals surface area contributed by atoms with Crippen LogP contribution in [-0.2, 0) is 13.0 Å². The van der Waals surface area contributed by atoms with Crippen LogP contribution in [0.5, 0.6) is 0 Å². The summed E-state index contributed by atoms with van der Waals surface area (Å²) in [6, 6.07) is 0. The molecule has 25 heavy (non-hydrogen) atoms. The van der Waals surface area contributed by atoms with Crippen molar-refractivity contribution in [2.75, 3.05) is 32.7 Å². The zero-order valence-corrected chi connectivity index (χ0v) is 14.1. The fourth-order valence-electron chi connectivity index (χ4n) is 3.57. The molecule has 0 unspecified atom stereocenters. The Morgan fingerprint density at radius 2 is 2.08 bits per heavy atom. The van der Waals surface area contributed by atoms with Gasteiger partial charge in [-0.05, 0) is 38.3 Å². The Morgan fingerprint density at radius 3 is 2.80 bits per heavy atom. The van der Waals surface area contributed by atoms with E-state index in [-0.39, 0.29) is 5.91 Å². The molecule has 1 fully saturated rings. The van der Waals surface area contributed by atoms with Crippen molar-refractivity contribution in [3.8, 4) is 0 Å². The van der Waals surface area contributed by atoms with Gasteiger partial charge in [0.15, 0.2) is 5.69 Å². The number of carbonyl (C=O) groups is 1. The molecule has 0 spiro atoms. The molecule has 0 atom stereocenters. The maximum Gasteiger partial charge on any atom is 0.401 e. The molecule has 6 nitrogen and oxygen atoms in total. The molecular formula is C16H24F3N5O. The van der Waals surface area contributed by atoms with Gasteiger partial charge >= 0.3 is 6.18 Å². The number of aromatic amines is 1. The number of fused-ring (bicyclic) bond motifs is 1. The molecule has 0 saturated carbocycles. The molecule has 2 aliphatic heterocycles. The van der Waals surface area contributed by atoms with Crippen LogP contribution in [0.15, 0.2) is 0 Å². The van der Waals surface area contributed by atoms with Crippen LogP contribution in [-0.4, -0.2) is 59.9 Å². The van der Waals surface area contributed by atoms with Gasteiger partial charge in [-0.1, -0.05) is 0 Å². The van der Waals surface area contributed by atoms with Crippen molar-refractivity contribution in [3.63, 3.8) is 0 Å². The van der Waals surface area contributed by atoms with E-state index in [2.05, 4.69) is 20.8 Å². The van der Waals surface area contributed by atoms with Crippen molar-refractivity contribution in [3.05, 3.63) is 17.0 Å². The van der Waals surface area contributed by atoms with Crippen LogP contribution in [0, 0.1) is 5.92 Å². The summed E-state index contributed by atoms with van der Waals surface area (Å²) in [4.78, 5) is 13.7. The number of amides is 1. The Labute approximate surface area is 144 Å². The van der Waals surface area contributed by atoms with E-state index in [0.29, 0.717) is 37.8 Å². The highest BCUT2D eigenvalue weighted by atomic mass is 19.4. The number of hydrogen-bond acceptors (Lipinski definition) is 4. The lowest BCUT2D eigenvalue weighted by Crippen LogP contribution is -2.40. The summed E-state index contributed by atoms with van der Waals surface area (Å²) in [5, 5.41) is 13.2. The average Bonchev–Trinajstić information content (AvgIpc) is 2.99. The molecule has 3 N–H and O–H groups in total. The molecule has 3 heterocycles. The number of nitrogens with one attached hydrogen (secondary N) is 3. The first kappa shape index (κ1) is 18.2. The largest absolute Gasteiger partial charge is 0.401 e. The summed E-state index contributed by atoms with van der Waals surface area (Å²) in [6.07, 6.45) is -1.01. The van der Waals surface area contributed by atoms with Gasteiger partial charge < -0.3 is 10.6 Å². The molecule has 0 radical (unpaired) electrons. The summed E-state index contributed by atoms with van der Waals surface area (Å²) in [5.41, 5.74) is 2.40. The average molecular weight is 359 g/mol. The van der Waals surface area contributed by atoms with Crippen molar-refractivity contribution >= 4 is 5.91 Å². The Bertz CT molecular complexity index is 593. The zero-order valence-electron chi connectivity index (χ0n) is 14.1. The summed E-state index contributed by atoms with van der Waals surface area (Å²) in [6.45, 7) is 2.16. The van der Waals surface area contributed by atoms with Gasteiger partial charge in [0.2, 0.25) is 0 Å². The topological polar surface area (TPSA) is 73.0 Å². The van der Waals surface area contributed by atoms with Crippen LogP contribution >= 0.6 is 0 Å². The van der Waals surface area contributed by atoms with Crippen LogP contribution in [0.1, 0.15) is 41.0 Å². The number of carbonyl (C=O) groups excluding carboxylic acids is 1. The first-order valence-corrected chi connectivity index (χ1v) is 8.76. The van der Waals surface area contributed by atoms with Gasteiger partial charge in [0, 0.05) is 37.3 Å². The summed E-state index contributed by atoms with van der Waals surface area (Å²) < 4.78 is 37.1. The third kappa shape index (κ3) is 4.94. The molecule has 9 heteroatoms. The lowest BCUT2D eigenvalue weighted by molar-refractivity contribution is -0.148. The van der Waals surface area contributed by atoms with E-state index in [0.717, 1.165) is 43.5 Å². The molecule has 3 rings (SSSR count). The van der Waals surface area contributed by atoms with Gasteiger partial charge in [0.05, 0.1) is 6.54 Å². The van der Waals surface area contributed by atoms with E-state index in [9.17, 15) is 18.0 Å². The van der Waals surface area contributed by atoms with E-state index in [1.807, 2.05) is 0 Å². The highest BCUT2D eigenvalue weighted by Gasteiger charge is 2.32. The summed E-state index contributed by atoms with van der Waals surface area (Å²) in [5.74, 6) is 0.176. The highest BCUT2D eigenvalue weighted by molar-refractivity contribution is 5.94. The Balaban J connectivity index is 1.39. The number of rotatable bonds is 5. The number of likely N-dealkylation sites (tertiary alicyclic amines) is 1. The number of H-pyrrole nitrogens is 1. The second-order valence-electron chi connectivity index (χ2n) is 6.84. The predicted molar refractivity (Wildman–Crippen MR) is 86.2 cm³/mol. The van der Waals surface area contributed by atoms with Gasteiger partial charge in [0.25, 0.3) is 5.91 Å². The van der Waals surface area contributed by atoms with Crippen molar-refractivity contribution in [1.29, 1.82) is 0 Å². The normalized spacial score (nSPS) is 19.6. The van der Waals surface area contributed by atoms with Gasteiger partial charge in [0.1, 0.15) is 0 Å². The standard InChI is InChI=1S/C16H24F3N5O/c17-16(18,19)10-24-7-3-11(4-8-24)1-6-21-15(25)14-12-9-20-5-2-13(12)22-23-14/h11,20H,1-10H2,(H,21,25)(H,22,23). The van der Waals surface area contributed by atoms with Gasteiger partial charge in [-0.3, -0.25) is 14.8 Å². The second kappa shape index (κ2) is 7.74. The molecule has 0 aliphatic carbocycles. The minimum absolute atomic E-state index is 0.185. The Hall–Kier alpha value is -1.61. The van der Waals surface area contributed by atoms with E-state index in [1.165, 1.54) is 4.90 Å². The van der Waals surface area contributed by atoms with E-state index in [1.54, 1.807) is 0 Å². The number of nitrogens with zero attached hydrogens (tertiary/aromatic N) is 2. The molecule has 1 aromatic rings. The Kier molecular flexibility index (Phi) is 5.63. The van der Waals surface area contributed by atoms with Crippen LogP contribution in [0.4, 0.5) is 13.2 Å². The van der Waals surface area contributed by atoms with Crippen LogP contribution in [0.25, 0.3) is 0 Å². The molecule has 0 bridgehead atoms. The summed E-state index contributed by atoms with van der Waals surface area (Å²) in [7, 11) is 0. The quantitative estimate of drug-likeness (QED) is 0.744. The number of aromatic nitrogens is 2. The number of piperidine rings is 1. The van der Waals surface area contributed by atoms with Gasteiger partial charge in [-0.15, -0.1) is 0 Å². The minimum Gasteiger partial charge on any atom is -0.351 e. The molecule has 1 amide bonds. The van der Waals surface area contributed by atoms with E-state index < -0.39 is 12.7 Å². The van der Waals surface area contributed by atoms with Gasteiger partial charge in [-0.2, -0.15) is 18.3 Å². The molecule has 0 aromatic carbocycles. The van der Waals surface area contributed by atoms with E-state index in [4.69, 9.17) is 0 Å². The first-order valence-electron chi connectivity index (χ1n) is 8.76. The zero-order chi connectivity index (χ0) is 17.9. The number of hydrogen-bond donors (Lipinski definition) is 3. The third-order valence-electron chi connectivity index (χ3n) is 4.97. The van der Waals surface area contributed by atoms with Crippen LogP contribution in [0.2, 0.25) is 0 Å². The molecule has 2 aliphatic rings. The molecule has 1 saturated heterocycles. The molecular weight excluding hydrogens is 335 g/mol. The maximum atomic E-state index is 12.4. The third-order valence-corrected chi connectivity index (χ3v) is 4.97. The number of halogens is 3. The fourth-order valence-corrected chi connectivity index (χ4v) is 3.57. The van der Waals surface area contributed by atoms with Crippen molar-refractivity contribution in [2.24, 2.45) is 5.92 Å². The fraction of sp³-hybridized carbons (Fsp3) is 0.750. The lowest BCUT2D eigenvalue weighted by Gasteiger charge is -2.32. The molecule has 1 aromatic heterocycles. The SMILES string of the molecule is O=C(NCCC1CCN(CC(F)(F)F)CC1)c1n[nH]c2c1CNCC2. The predicted octanol–water partition coefficient (Wildman–Crippen LogP) is 1.45. The monoisotopic (exact) mass is 359 g/mol. The molecule has 140 valence electrons. The van der Waals surface area contributed by atoms with Gasteiger partial charge in [-0.25, -0.2) is 0 Å². The first-order chi connectivity index (χ1) is 11.9. The Morgan fingerprint density at radius 1 is 1.32 bits per heavy atom. The van der Waals surface area contributed by atoms with Crippen LogP contribution in [0.3, 0.4) is 0 Å². The second-order valence-corrected chi connectivity index (χ2v) is 6.84. The maximum absolute atomic E-state index is 12.4. The van der Waals surface area contributed by atoms with Crippen LogP contribution < -0.4 is 10.6 Å². The lowest BCUT2D eigenvalue weighted by atomic mass is 9.93. The smallest absolute Gasteiger partial charge is 0.351 e. The summed E-state index contributed by atoms with van der Waals surface area (Å²) >= 11 is 0. The van der Waals surface area contributed by atoms with Crippen molar-refractivity contribution in [2.45, 2.75) is 38.4 Å². The van der Waals surface area contributed by atoms with Crippen molar-refractivity contribution < 1.29 is 18.0 Å². The van der Waals surface area contributed by atoms with Crippen molar-refractivity contribution in [1.82, 2.24) is 25.7 Å². The highest BCUT2D eigenvalue weighted by Crippen LogP contribution is 2.24. The van der Waals surface area contributed by atoms with E-state index >= 15 is 0 Å². The minimum atomic E-state index is -4.13. The number of alkyl halides is 3.